The number of hydrogen-bond acceptors (Lipinski definition) is 5. The van der Waals surface area contributed by atoms with Crippen LogP contribution in [0.15, 0.2) is 29.2 Å². The lowest BCUT2D eigenvalue weighted by molar-refractivity contribution is -0.129. The van der Waals surface area contributed by atoms with Gasteiger partial charge in [0.1, 0.15) is 0 Å². The third-order valence-electron chi connectivity index (χ3n) is 7.00. The first-order valence-corrected chi connectivity index (χ1v) is 13.2. The number of hydrogen-bond donors (Lipinski definition) is 0. The fourth-order valence-electron chi connectivity index (χ4n) is 4.81. The smallest absolute Gasteiger partial charge is 0.254 e. The Labute approximate surface area is 191 Å². The zero-order valence-corrected chi connectivity index (χ0v) is 19.9. The number of carbonyl (C=O) groups excluding carboxylic acids is 2. The lowest BCUT2D eigenvalue weighted by Crippen LogP contribution is -2.49. The van der Waals surface area contributed by atoms with Gasteiger partial charge in [-0.25, -0.2) is 8.42 Å². The molecule has 176 valence electrons. The Hall–Kier alpha value is -1.97. The van der Waals surface area contributed by atoms with Crippen LogP contribution in [0.1, 0.15) is 49.9 Å². The molecule has 0 N–H and O–H groups in total. The number of nitrogens with zero attached hydrogens (tertiary/aromatic N) is 4. The van der Waals surface area contributed by atoms with Crippen molar-refractivity contribution < 1.29 is 18.0 Å². The summed E-state index contributed by atoms with van der Waals surface area (Å²) in [5.41, 5.74) is 0.551. The molecule has 2 amide bonds. The van der Waals surface area contributed by atoms with E-state index in [1.165, 1.54) is 11.2 Å². The van der Waals surface area contributed by atoms with Crippen LogP contribution in [0.4, 0.5) is 0 Å². The minimum absolute atomic E-state index is 0.0152. The molecule has 0 unspecified atom stereocenters. The van der Waals surface area contributed by atoms with Gasteiger partial charge < -0.3 is 14.7 Å². The molecule has 1 aliphatic carbocycles. The minimum Gasteiger partial charge on any atom is -0.340 e. The average molecular weight is 463 g/mol. The van der Waals surface area contributed by atoms with Crippen molar-refractivity contribution in [3.63, 3.8) is 0 Å². The number of amides is 2. The first-order chi connectivity index (χ1) is 15.3. The number of benzene rings is 1. The summed E-state index contributed by atoms with van der Waals surface area (Å²) in [5.74, 6) is -0.0213. The van der Waals surface area contributed by atoms with Gasteiger partial charge in [0.15, 0.2) is 0 Å². The molecule has 8 nitrogen and oxygen atoms in total. The van der Waals surface area contributed by atoms with E-state index in [0.29, 0.717) is 24.7 Å². The molecule has 0 aromatic heterocycles. The van der Waals surface area contributed by atoms with E-state index in [0.717, 1.165) is 45.3 Å². The molecule has 2 saturated heterocycles. The first kappa shape index (κ1) is 23.2. The lowest BCUT2D eigenvalue weighted by Gasteiger charge is -2.38. The second-order valence-corrected chi connectivity index (χ2v) is 11.0. The van der Waals surface area contributed by atoms with Crippen molar-refractivity contribution in [1.82, 2.24) is 19.0 Å². The van der Waals surface area contributed by atoms with E-state index in [9.17, 15) is 18.0 Å². The highest BCUT2D eigenvalue weighted by Gasteiger charge is 2.39. The van der Waals surface area contributed by atoms with Gasteiger partial charge in [0.05, 0.1) is 4.90 Å². The summed E-state index contributed by atoms with van der Waals surface area (Å²) in [6.07, 6.45) is 4.10. The number of carbonyl (C=O) groups is 2. The van der Waals surface area contributed by atoms with Crippen molar-refractivity contribution in [3.05, 3.63) is 29.8 Å². The van der Waals surface area contributed by atoms with Gasteiger partial charge in [0, 0.05) is 63.8 Å². The fraction of sp³-hybridized carbons (Fsp3) is 0.652. The van der Waals surface area contributed by atoms with Crippen LogP contribution in [0, 0.1) is 0 Å². The highest BCUT2D eigenvalue weighted by molar-refractivity contribution is 7.89. The molecule has 9 heteroatoms. The number of piperidine rings is 1. The molecule has 0 bridgehead atoms. The predicted molar refractivity (Wildman–Crippen MR) is 122 cm³/mol. The number of likely N-dealkylation sites (tertiary alicyclic amines) is 1. The Morgan fingerprint density at radius 1 is 0.906 bits per heavy atom. The average Bonchev–Trinajstić information content (AvgIpc) is 3.65. The van der Waals surface area contributed by atoms with Crippen LogP contribution >= 0.6 is 0 Å². The molecule has 32 heavy (non-hydrogen) atoms. The maximum Gasteiger partial charge on any atom is 0.254 e. The Bertz CT molecular complexity index is 929. The SMILES string of the molecule is CCN1CCC(N(C(=O)c2ccc(S(=O)(=O)N3CCN(C(C)=O)CC3)cc2)C2CC2)CC1. The Kier molecular flexibility index (Phi) is 6.88. The molecule has 1 aromatic carbocycles. The van der Waals surface area contributed by atoms with E-state index in [2.05, 4.69) is 16.7 Å². The molecule has 0 radical (unpaired) electrons. The van der Waals surface area contributed by atoms with Gasteiger partial charge in [-0.15, -0.1) is 0 Å². The summed E-state index contributed by atoms with van der Waals surface area (Å²) in [4.78, 5) is 31.2. The summed E-state index contributed by atoms with van der Waals surface area (Å²) in [6, 6.07) is 6.98. The van der Waals surface area contributed by atoms with Gasteiger partial charge in [-0.3, -0.25) is 9.59 Å². The van der Waals surface area contributed by atoms with Crippen LogP contribution in [0.3, 0.4) is 0 Å². The summed E-state index contributed by atoms with van der Waals surface area (Å²) in [5, 5.41) is 0. The van der Waals surface area contributed by atoms with Crippen LogP contribution in [0.2, 0.25) is 0 Å². The summed E-state index contributed by atoms with van der Waals surface area (Å²) < 4.78 is 27.5. The van der Waals surface area contributed by atoms with E-state index in [1.54, 1.807) is 29.2 Å². The topological polar surface area (TPSA) is 81.2 Å². The molecule has 3 aliphatic rings. The van der Waals surface area contributed by atoms with Crippen LogP contribution < -0.4 is 0 Å². The normalized spacial score (nSPS) is 21.5. The van der Waals surface area contributed by atoms with Crippen molar-refractivity contribution in [2.24, 2.45) is 0 Å². The highest BCUT2D eigenvalue weighted by atomic mass is 32.2. The van der Waals surface area contributed by atoms with E-state index < -0.39 is 10.0 Å². The zero-order valence-electron chi connectivity index (χ0n) is 19.1. The van der Waals surface area contributed by atoms with Crippen LogP contribution in [-0.2, 0) is 14.8 Å². The molecule has 1 aromatic rings. The Balaban J connectivity index is 1.44. The molecular weight excluding hydrogens is 428 g/mol. The van der Waals surface area contributed by atoms with E-state index in [-0.39, 0.29) is 35.8 Å². The Morgan fingerprint density at radius 2 is 1.47 bits per heavy atom. The van der Waals surface area contributed by atoms with Crippen LogP contribution in [-0.4, -0.2) is 97.1 Å². The molecular formula is C23H34N4O4S. The Morgan fingerprint density at radius 3 is 1.97 bits per heavy atom. The van der Waals surface area contributed by atoms with E-state index in [4.69, 9.17) is 0 Å². The van der Waals surface area contributed by atoms with Crippen molar-refractivity contribution in [2.75, 3.05) is 45.8 Å². The first-order valence-electron chi connectivity index (χ1n) is 11.7. The maximum absolute atomic E-state index is 13.4. The second kappa shape index (κ2) is 9.49. The molecule has 0 atom stereocenters. The van der Waals surface area contributed by atoms with E-state index in [1.807, 2.05) is 0 Å². The van der Waals surface area contributed by atoms with Crippen molar-refractivity contribution >= 4 is 21.8 Å². The summed E-state index contributed by atoms with van der Waals surface area (Å²) in [7, 11) is -3.64. The van der Waals surface area contributed by atoms with Gasteiger partial charge >= 0.3 is 0 Å². The van der Waals surface area contributed by atoms with Crippen LogP contribution in [0.25, 0.3) is 0 Å². The molecule has 4 rings (SSSR count). The molecule has 2 heterocycles. The number of piperazine rings is 1. The third-order valence-corrected chi connectivity index (χ3v) is 8.91. The molecule has 3 fully saturated rings. The number of rotatable bonds is 6. The van der Waals surface area contributed by atoms with Gasteiger partial charge in [-0.05, 0) is 56.5 Å². The third kappa shape index (κ3) is 4.84. The summed E-state index contributed by atoms with van der Waals surface area (Å²) in [6.45, 7) is 8.13. The molecule has 2 aliphatic heterocycles. The highest BCUT2D eigenvalue weighted by Crippen LogP contribution is 2.33. The minimum atomic E-state index is -3.64. The lowest BCUT2D eigenvalue weighted by atomic mass is 10.0. The fourth-order valence-corrected chi connectivity index (χ4v) is 6.23. The molecule has 0 spiro atoms. The van der Waals surface area contributed by atoms with Gasteiger partial charge in [0.2, 0.25) is 15.9 Å². The number of sulfonamides is 1. The second-order valence-electron chi connectivity index (χ2n) is 9.04. The van der Waals surface area contributed by atoms with Gasteiger partial charge in [-0.2, -0.15) is 4.31 Å². The molecule has 1 saturated carbocycles. The van der Waals surface area contributed by atoms with E-state index >= 15 is 0 Å². The summed E-state index contributed by atoms with van der Waals surface area (Å²) >= 11 is 0. The van der Waals surface area contributed by atoms with Crippen LogP contribution in [0.5, 0.6) is 0 Å². The monoisotopic (exact) mass is 462 g/mol. The van der Waals surface area contributed by atoms with Crippen molar-refractivity contribution in [1.29, 1.82) is 0 Å². The van der Waals surface area contributed by atoms with Crippen molar-refractivity contribution in [2.45, 2.75) is 56.5 Å². The zero-order chi connectivity index (χ0) is 22.9. The predicted octanol–water partition coefficient (Wildman–Crippen LogP) is 1.63. The standard InChI is InChI=1S/C23H34N4O4S/c1-3-24-12-10-21(11-13-24)27(20-6-7-20)23(29)19-4-8-22(9-5-19)32(30,31)26-16-14-25(15-17-26)18(2)28/h4-5,8-9,20-21H,3,6-7,10-17H2,1-2H3. The maximum atomic E-state index is 13.4. The largest absolute Gasteiger partial charge is 0.340 e. The van der Waals surface area contributed by atoms with Crippen molar-refractivity contribution in [3.8, 4) is 0 Å². The quantitative estimate of drug-likeness (QED) is 0.642. The van der Waals surface area contributed by atoms with Gasteiger partial charge in [-0.1, -0.05) is 6.92 Å². The van der Waals surface area contributed by atoms with Gasteiger partial charge in [0.25, 0.3) is 5.91 Å².